The van der Waals surface area contributed by atoms with Gasteiger partial charge in [-0.05, 0) is 113 Å². The summed E-state index contributed by atoms with van der Waals surface area (Å²) in [5.74, 6) is 2.77. The molecule has 0 aliphatic carbocycles. The molecule has 188 valence electrons. The van der Waals surface area contributed by atoms with Crippen LogP contribution in [0.5, 0.6) is 23.0 Å². The minimum absolute atomic E-state index is 0.327. The third-order valence-electron chi connectivity index (χ3n) is 7.54. The van der Waals surface area contributed by atoms with Gasteiger partial charge in [-0.2, -0.15) is 0 Å². The van der Waals surface area contributed by atoms with Gasteiger partial charge in [0.15, 0.2) is 11.5 Å². The van der Waals surface area contributed by atoms with Crippen LogP contribution in [0.4, 0.5) is 0 Å². The van der Waals surface area contributed by atoms with Gasteiger partial charge < -0.3 is 19.3 Å². The van der Waals surface area contributed by atoms with Crippen molar-refractivity contribution < 1.29 is 19.3 Å². The first kappa shape index (κ1) is 24.6. The number of aromatic hydroxyl groups is 1. The second-order valence-corrected chi connectivity index (χ2v) is 10.1. The zero-order valence-electron chi connectivity index (χ0n) is 21.3. The van der Waals surface area contributed by atoms with Crippen LogP contribution in [0.2, 0.25) is 0 Å². The predicted octanol–water partition coefficient (Wildman–Crippen LogP) is 6.53. The zero-order chi connectivity index (χ0) is 25.4. The van der Waals surface area contributed by atoms with Gasteiger partial charge in [0, 0.05) is 17.5 Å². The van der Waals surface area contributed by atoms with Crippen LogP contribution >= 0.6 is 12.6 Å². The molecule has 1 atom stereocenters. The van der Waals surface area contributed by atoms with E-state index < -0.39 is 0 Å². The third-order valence-corrected chi connectivity index (χ3v) is 7.81. The lowest BCUT2D eigenvalue weighted by atomic mass is 9.85. The van der Waals surface area contributed by atoms with Crippen molar-refractivity contribution in [1.29, 1.82) is 0 Å². The van der Waals surface area contributed by atoms with E-state index in [0.29, 0.717) is 11.8 Å². The Morgan fingerprint density at radius 1 is 0.833 bits per heavy atom. The number of thiol groups is 1. The Bertz CT molecular complexity index is 1430. The van der Waals surface area contributed by atoms with Crippen LogP contribution in [0, 0.1) is 6.92 Å². The number of aryl methyl sites for hydroxylation is 1. The highest BCUT2D eigenvalue weighted by Gasteiger charge is 2.32. The maximum atomic E-state index is 9.01. The average Bonchev–Trinajstić information content (AvgIpc) is 3.37. The van der Waals surface area contributed by atoms with Crippen LogP contribution in [0.15, 0.2) is 53.4 Å². The normalized spacial score (nSPS) is 16.8. The number of ether oxygens (including phenoxy) is 3. The zero-order valence-corrected chi connectivity index (χ0v) is 22.2. The van der Waals surface area contributed by atoms with Crippen LogP contribution in [-0.4, -0.2) is 43.9 Å². The highest BCUT2D eigenvalue weighted by atomic mass is 32.1. The quantitative estimate of drug-likeness (QED) is 0.246. The summed E-state index contributed by atoms with van der Waals surface area (Å²) in [6.45, 7) is 4.09. The molecule has 1 unspecified atom stereocenters. The van der Waals surface area contributed by atoms with Gasteiger partial charge in [0.25, 0.3) is 0 Å². The van der Waals surface area contributed by atoms with E-state index in [2.05, 4.69) is 47.9 Å². The Morgan fingerprint density at radius 2 is 1.56 bits per heavy atom. The Labute approximate surface area is 218 Å². The summed E-state index contributed by atoms with van der Waals surface area (Å²) < 4.78 is 16.7. The Morgan fingerprint density at radius 3 is 2.22 bits per heavy atom. The number of phenolic OH excluding ortho intramolecular Hbond substituents is 1. The maximum absolute atomic E-state index is 9.01. The molecule has 0 bridgehead atoms. The van der Waals surface area contributed by atoms with Gasteiger partial charge in [-0.3, -0.25) is 4.90 Å². The molecule has 6 rings (SSSR count). The Balaban J connectivity index is 0.000000252. The highest BCUT2D eigenvalue weighted by molar-refractivity contribution is 7.80. The standard InChI is InChI=1S/C23H25NO3.C7H8OS/c1-25-15-6-7-16-18(10-15)20-12-23(27-3)22(26-2)11-19(20)17-9-14-5-4-8-24(14)13-21(16)17;1-5-4-6(9)2-3-7(5)8/h6-7,10-12,14H,4-5,8-9,13H2,1-3H3;2-4,8-9H,1H3. The van der Waals surface area contributed by atoms with Crippen molar-refractivity contribution in [2.75, 3.05) is 27.9 Å². The van der Waals surface area contributed by atoms with Gasteiger partial charge in [-0.25, -0.2) is 0 Å². The summed E-state index contributed by atoms with van der Waals surface area (Å²) in [6, 6.07) is 16.6. The molecule has 2 aliphatic heterocycles. The fourth-order valence-electron chi connectivity index (χ4n) is 5.64. The van der Waals surface area contributed by atoms with Crippen molar-refractivity contribution >= 4 is 34.2 Å². The highest BCUT2D eigenvalue weighted by Crippen LogP contribution is 2.44. The second-order valence-electron chi connectivity index (χ2n) is 9.56. The lowest BCUT2D eigenvalue weighted by Crippen LogP contribution is -2.35. The molecule has 1 fully saturated rings. The first-order valence-electron chi connectivity index (χ1n) is 12.3. The molecule has 36 heavy (non-hydrogen) atoms. The number of methoxy groups -OCH3 is 3. The number of rotatable bonds is 3. The number of nitrogens with zero attached hydrogens (tertiary/aromatic N) is 1. The maximum Gasteiger partial charge on any atom is 0.161 e. The first-order chi connectivity index (χ1) is 17.4. The van der Waals surface area contributed by atoms with E-state index in [1.54, 1.807) is 33.5 Å². The summed E-state index contributed by atoms with van der Waals surface area (Å²) in [5.41, 5.74) is 3.81. The average molecular weight is 504 g/mol. The smallest absolute Gasteiger partial charge is 0.161 e. The number of benzene rings is 4. The molecule has 1 N–H and O–H groups in total. The Kier molecular flexibility index (Phi) is 6.91. The molecule has 0 amide bonds. The SMILES string of the molecule is COc1ccc2c3c(c4cc(OC)c(OC)cc4c2c1)CC1CCCN1C3.Cc1cc(S)ccc1O. The molecule has 4 aromatic rings. The van der Waals surface area contributed by atoms with E-state index in [4.69, 9.17) is 19.3 Å². The van der Waals surface area contributed by atoms with E-state index in [9.17, 15) is 0 Å². The van der Waals surface area contributed by atoms with E-state index in [-0.39, 0.29) is 0 Å². The molecule has 0 saturated carbocycles. The van der Waals surface area contributed by atoms with Gasteiger partial charge >= 0.3 is 0 Å². The lowest BCUT2D eigenvalue weighted by Gasteiger charge is -2.33. The number of hydrogen-bond donors (Lipinski definition) is 2. The molecule has 0 spiro atoms. The summed E-state index contributed by atoms with van der Waals surface area (Å²) >= 11 is 4.09. The van der Waals surface area contributed by atoms with Crippen molar-refractivity contribution in [2.24, 2.45) is 0 Å². The van der Waals surface area contributed by atoms with Crippen LogP contribution in [0.1, 0.15) is 29.5 Å². The molecular weight excluding hydrogens is 470 g/mol. The van der Waals surface area contributed by atoms with Gasteiger partial charge in [0.05, 0.1) is 21.3 Å². The molecule has 6 heteroatoms. The van der Waals surface area contributed by atoms with E-state index in [1.807, 2.05) is 13.0 Å². The third kappa shape index (κ3) is 4.44. The fraction of sp³-hybridized carbons (Fsp3) is 0.333. The fourth-order valence-corrected chi connectivity index (χ4v) is 5.91. The van der Waals surface area contributed by atoms with Crippen molar-refractivity contribution in [3.8, 4) is 23.0 Å². The van der Waals surface area contributed by atoms with Crippen LogP contribution in [0.3, 0.4) is 0 Å². The molecule has 0 aromatic heterocycles. The van der Waals surface area contributed by atoms with Crippen LogP contribution in [0.25, 0.3) is 21.5 Å². The molecule has 0 radical (unpaired) electrons. The van der Waals surface area contributed by atoms with E-state index in [0.717, 1.165) is 40.7 Å². The molecule has 4 aromatic carbocycles. The predicted molar refractivity (Wildman–Crippen MR) is 148 cm³/mol. The summed E-state index contributed by atoms with van der Waals surface area (Å²) in [7, 11) is 5.13. The minimum Gasteiger partial charge on any atom is -0.508 e. The lowest BCUT2D eigenvalue weighted by molar-refractivity contribution is 0.229. The topological polar surface area (TPSA) is 51.2 Å². The number of phenols is 1. The number of fused-ring (bicyclic) bond motifs is 7. The van der Waals surface area contributed by atoms with Gasteiger partial charge in [-0.1, -0.05) is 6.07 Å². The van der Waals surface area contributed by atoms with Crippen LogP contribution < -0.4 is 14.2 Å². The molecule has 2 heterocycles. The molecule has 2 aliphatic rings. The minimum atomic E-state index is 0.327. The monoisotopic (exact) mass is 503 g/mol. The van der Waals surface area contributed by atoms with Crippen molar-refractivity contribution in [3.63, 3.8) is 0 Å². The van der Waals surface area contributed by atoms with Crippen LogP contribution in [-0.2, 0) is 13.0 Å². The number of hydrogen-bond acceptors (Lipinski definition) is 6. The summed E-state index contributed by atoms with van der Waals surface area (Å²) in [5, 5.41) is 14.1. The van der Waals surface area contributed by atoms with Gasteiger partial charge in [0.2, 0.25) is 0 Å². The molecule has 5 nitrogen and oxygen atoms in total. The van der Waals surface area contributed by atoms with Crippen molar-refractivity contribution in [2.45, 2.75) is 43.7 Å². The summed E-state index contributed by atoms with van der Waals surface area (Å²) in [4.78, 5) is 3.53. The second kappa shape index (κ2) is 10.1. The van der Waals surface area contributed by atoms with Crippen molar-refractivity contribution in [1.82, 2.24) is 4.90 Å². The summed E-state index contributed by atoms with van der Waals surface area (Å²) in [6.07, 6.45) is 3.72. The Hall–Kier alpha value is -3.09. The molecular formula is C30H33NO4S. The van der Waals surface area contributed by atoms with Gasteiger partial charge in [0.1, 0.15) is 11.5 Å². The largest absolute Gasteiger partial charge is 0.508 e. The first-order valence-corrected chi connectivity index (χ1v) is 12.8. The van der Waals surface area contributed by atoms with E-state index >= 15 is 0 Å². The van der Waals surface area contributed by atoms with Gasteiger partial charge in [-0.15, -0.1) is 12.6 Å². The molecule has 1 saturated heterocycles. The van der Waals surface area contributed by atoms with E-state index in [1.165, 1.54) is 52.1 Å². The van der Waals surface area contributed by atoms with Crippen molar-refractivity contribution in [3.05, 3.63) is 65.2 Å².